The summed E-state index contributed by atoms with van der Waals surface area (Å²) in [4.78, 5) is 13.3. The fraction of sp³-hybridized carbons (Fsp3) is 0.400. The number of benzene rings is 2. The molecule has 1 aliphatic heterocycles. The lowest BCUT2D eigenvalue weighted by molar-refractivity contribution is 0.0743. The molecule has 0 radical (unpaired) electrons. The van der Waals surface area contributed by atoms with E-state index in [9.17, 15) is 4.79 Å². The highest BCUT2D eigenvalue weighted by molar-refractivity contribution is 6.35. The van der Waals surface area contributed by atoms with E-state index < -0.39 is 5.54 Å². The van der Waals surface area contributed by atoms with Crippen molar-refractivity contribution in [3.63, 3.8) is 0 Å². The molecule has 5 rings (SSSR count). The Balaban J connectivity index is 1.50. The van der Waals surface area contributed by atoms with E-state index in [2.05, 4.69) is 17.3 Å². The van der Waals surface area contributed by atoms with Crippen LogP contribution >= 0.6 is 23.2 Å². The molecule has 6 nitrogen and oxygen atoms in total. The quantitative estimate of drug-likeness (QED) is 0.374. The smallest absolute Gasteiger partial charge is 0.286 e. The molecule has 38 heavy (non-hydrogen) atoms. The van der Waals surface area contributed by atoms with E-state index in [1.807, 2.05) is 42.3 Å². The molecule has 1 amide bonds. The fourth-order valence-corrected chi connectivity index (χ4v) is 5.78. The van der Waals surface area contributed by atoms with Crippen molar-refractivity contribution < 1.29 is 4.79 Å². The van der Waals surface area contributed by atoms with Crippen LogP contribution in [0, 0.1) is 18.8 Å². The lowest BCUT2D eigenvalue weighted by Crippen LogP contribution is -2.45. The Bertz CT molecular complexity index is 1370. The highest BCUT2D eigenvalue weighted by atomic mass is 35.5. The van der Waals surface area contributed by atoms with E-state index >= 15 is 0 Å². The lowest BCUT2D eigenvalue weighted by atomic mass is 9.83. The number of hydrazine groups is 1. The highest BCUT2D eigenvalue weighted by Gasteiger charge is 2.26. The molecule has 1 saturated carbocycles. The van der Waals surface area contributed by atoms with Gasteiger partial charge in [-0.15, -0.1) is 0 Å². The van der Waals surface area contributed by atoms with Gasteiger partial charge in [0.1, 0.15) is 0 Å². The number of carbonyl (C=O) groups is 1. The summed E-state index contributed by atoms with van der Waals surface area (Å²) < 4.78 is 1.73. The van der Waals surface area contributed by atoms with Gasteiger partial charge in [-0.25, -0.2) is 9.69 Å². The van der Waals surface area contributed by atoms with E-state index in [0.717, 1.165) is 74.0 Å². The Morgan fingerprint density at radius 1 is 1.00 bits per heavy atom. The number of halogens is 2. The molecule has 3 N–H and O–H groups in total. The first-order chi connectivity index (χ1) is 18.3. The summed E-state index contributed by atoms with van der Waals surface area (Å²) in [7, 11) is 0. The minimum atomic E-state index is -0.395. The molecule has 1 aliphatic carbocycles. The first kappa shape index (κ1) is 26.8. The van der Waals surface area contributed by atoms with E-state index in [0.29, 0.717) is 21.4 Å². The van der Waals surface area contributed by atoms with Crippen molar-refractivity contribution in [2.45, 2.75) is 63.8 Å². The number of nitrogens with zero attached hydrogens (tertiary/aromatic N) is 3. The molecule has 1 saturated heterocycles. The maximum absolute atomic E-state index is 13.3. The maximum atomic E-state index is 13.3. The monoisotopic (exact) mass is 549 g/mol. The largest absolute Gasteiger partial charge is 0.315 e. The fourth-order valence-electron chi connectivity index (χ4n) is 5.30. The summed E-state index contributed by atoms with van der Waals surface area (Å²) in [5.74, 6) is 6.37. The lowest BCUT2D eigenvalue weighted by Gasteiger charge is -2.27. The molecule has 1 aromatic heterocycles. The number of aromatic nitrogens is 2. The van der Waals surface area contributed by atoms with Crippen molar-refractivity contribution in [3.8, 4) is 28.8 Å². The molecule has 198 valence electrons. The Kier molecular flexibility index (Phi) is 8.11. The van der Waals surface area contributed by atoms with Crippen LogP contribution in [0.3, 0.4) is 0 Å². The SMILES string of the molecule is Cc1c(C(=O)NN2CCCCC2)nn(-c2ccc(Cl)cc2Cl)c1-c1ccc(C#CC2(N)CCCCC2)cc1. The second-order valence-electron chi connectivity index (χ2n) is 10.4. The summed E-state index contributed by atoms with van der Waals surface area (Å²) in [5.41, 5.74) is 13.5. The molecule has 2 heterocycles. The number of amides is 1. The zero-order valence-corrected chi connectivity index (χ0v) is 23.2. The third kappa shape index (κ3) is 5.92. The van der Waals surface area contributed by atoms with Gasteiger partial charge in [0, 0.05) is 34.8 Å². The number of nitrogens with one attached hydrogen (secondary N) is 1. The number of carbonyl (C=O) groups excluding carboxylic acids is 1. The second kappa shape index (κ2) is 11.5. The van der Waals surface area contributed by atoms with Crippen molar-refractivity contribution in [1.29, 1.82) is 0 Å². The van der Waals surface area contributed by atoms with Crippen molar-refractivity contribution in [3.05, 3.63) is 69.3 Å². The Labute approximate surface area is 234 Å². The molecule has 0 bridgehead atoms. The minimum absolute atomic E-state index is 0.224. The number of piperidine rings is 1. The van der Waals surface area contributed by atoms with Crippen molar-refractivity contribution >= 4 is 29.1 Å². The van der Waals surface area contributed by atoms with E-state index in [-0.39, 0.29) is 5.91 Å². The minimum Gasteiger partial charge on any atom is -0.315 e. The average Bonchev–Trinajstić information content (AvgIpc) is 3.25. The predicted octanol–water partition coefficient (Wildman–Crippen LogP) is 6.30. The Morgan fingerprint density at radius 3 is 2.37 bits per heavy atom. The van der Waals surface area contributed by atoms with Crippen LogP contribution in [0.2, 0.25) is 10.0 Å². The molecule has 2 fully saturated rings. The Morgan fingerprint density at radius 2 is 1.68 bits per heavy atom. The molecule has 2 aromatic carbocycles. The van der Waals surface area contributed by atoms with Gasteiger partial charge in [-0.1, -0.05) is 72.9 Å². The third-order valence-electron chi connectivity index (χ3n) is 7.45. The number of nitrogens with two attached hydrogens (primary N) is 1. The Hall–Kier alpha value is -2.82. The second-order valence-corrected chi connectivity index (χ2v) is 11.2. The highest BCUT2D eigenvalue weighted by Crippen LogP contribution is 2.33. The summed E-state index contributed by atoms with van der Waals surface area (Å²) in [6, 6.07) is 13.3. The van der Waals surface area contributed by atoms with Crippen LogP contribution in [-0.2, 0) is 0 Å². The number of hydrogen-bond acceptors (Lipinski definition) is 4. The number of rotatable bonds is 4. The molecule has 0 unspecified atom stereocenters. The van der Waals surface area contributed by atoms with Crippen LogP contribution in [0.5, 0.6) is 0 Å². The van der Waals surface area contributed by atoms with Crippen LogP contribution in [0.25, 0.3) is 16.9 Å². The molecule has 2 aliphatic rings. The maximum Gasteiger partial charge on any atom is 0.286 e. The van der Waals surface area contributed by atoms with Gasteiger partial charge in [0.2, 0.25) is 0 Å². The van der Waals surface area contributed by atoms with Gasteiger partial charge in [0.05, 0.1) is 21.9 Å². The molecule has 0 spiro atoms. The van der Waals surface area contributed by atoms with Gasteiger partial charge in [0.25, 0.3) is 5.91 Å². The van der Waals surface area contributed by atoms with Crippen molar-refractivity contribution in [2.24, 2.45) is 5.73 Å². The van der Waals surface area contributed by atoms with Crippen LogP contribution in [0.4, 0.5) is 0 Å². The van der Waals surface area contributed by atoms with Gasteiger partial charge in [-0.3, -0.25) is 10.2 Å². The molecular weight excluding hydrogens is 517 g/mol. The standard InChI is InChI=1S/C30H33Cl2N5O/c1-21-27(29(38)35-36-18-6-3-7-19-36)34-37(26-13-12-24(31)20-25(26)32)28(21)23-10-8-22(9-11-23)14-17-30(33)15-4-2-5-16-30/h8-13,20H,2-7,15-16,18-19,33H2,1H3,(H,35,38). The van der Waals surface area contributed by atoms with Gasteiger partial charge in [-0.2, -0.15) is 5.10 Å². The normalized spacial score (nSPS) is 17.5. The van der Waals surface area contributed by atoms with Gasteiger partial charge >= 0.3 is 0 Å². The third-order valence-corrected chi connectivity index (χ3v) is 7.99. The summed E-state index contributed by atoms with van der Waals surface area (Å²) in [5, 5.41) is 7.71. The first-order valence-corrected chi connectivity index (χ1v) is 14.1. The van der Waals surface area contributed by atoms with E-state index in [4.69, 9.17) is 34.0 Å². The summed E-state index contributed by atoms with van der Waals surface area (Å²) in [6.45, 7) is 3.60. The summed E-state index contributed by atoms with van der Waals surface area (Å²) >= 11 is 12.8. The summed E-state index contributed by atoms with van der Waals surface area (Å²) in [6.07, 6.45) is 8.72. The van der Waals surface area contributed by atoms with Gasteiger partial charge in [0.15, 0.2) is 5.69 Å². The first-order valence-electron chi connectivity index (χ1n) is 13.4. The van der Waals surface area contributed by atoms with Gasteiger partial charge in [-0.05, 0) is 62.9 Å². The topological polar surface area (TPSA) is 76.2 Å². The van der Waals surface area contributed by atoms with Crippen LogP contribution in [0.1, 0.15) is 73.0 Å². The van der Waals surface area contributed by atoms with Crippen molar-refractivity contribution in [1.82, 2.24) is 20.2 Å². The zero-order valence-electron chi connectivity index (χ0n) is 21.7. The molecular formula is C30H33Cl2N5O. The van der Waals surface area contributed by atoms with Crippen LogP contribution in [-0.4, -0.2) is 39.3 Å². The van der Waals surface area contributed by atoms with E-state index in [1.165, 1.54) is 12.8 Å². The van der Waals surface area contributed by atoms with Gasteiger partial charge < -0.3 is 5.73 Å². The molecule has 0 atom stereocenters. The molecule has 8 heteroatoms. The van der Waals surface area contributed by atoms with Crippen molar-refractivity contribution in [2.75, 3.05) is 13.1 Å². The van der Waals surface area contributed by atoms with Crippen LogP contribution in [0.15, 0.2) is 42.5 Å². The number of hydrogen-bond donors (Lipinski definition) is 2. The molecule has 3 aromatic rings. The predicted molar refractivity (Wildman–Crippen MR) is 154 cm³/mol. The zero-order chi connectivity index (χ0) is 26.7. The van der Waals surface area contributed by atoms with Crippen LogP contribution < -0.4 is 11.2 Å². The average molecular weight is 551 g/mol. The van der Waals surface area contributed by atoms with E-state index in [1.54, 1.807) is 16.8 Å².